The highest BCUT2D eigenvalue weighted by Crippen LogP contribution is 2.16. The molecule has 0 atom stereocenters. The van der Waals surface area contributed by atoms with Crippen LogP contribution in [0.15, 0.2) is 18.2 Å². The fourth-order valence-electron chi connectivity index (χ4n) is 1.29. The van der Waals surface area contributed by atoms with Gasteiger partial charge >= 0.3 is 0 Å². The summed E-state index contributed by atoms with van der Waals surface area (Å²) in [5.41, 5.74) is 0.837. The SMILES string of the molecule is COCCN(C)Cc1ccc(O)c(F)c1. The summed E-state index contributed by atoms with van der Waals surface area (Å²) in [5.74, 6) is -0.883. The summed E-state index contributed by atoms with van der Waals surface area (Å²) in [6, 6.07) is 4.43. The van der Waals surface area contributed by atoms with Crippen molar-refractivity contribution in [1.29, 1.82) is 0 Å². The first kappa shape index (κ1) is 11.9. The maximum Gasteiger partial charge on any atom is 0.165 e. The van der Waals surface area contributed by atoms with Crippen molar-refractivity contribution in [3.63, 3.8) is 0 Å². The molecule has 1 N–H and O–H groups in total. The van der Waals surface area contributed by atoms with Gasteiger partial charge in [-0.1, -0.05) is 6.07 Å². The fraction of sp³-hybridized carbons (Fsp3) is 0.455. The van der Waals surface area contributed by atoms with E-state index in [9.17, 15) is 4.39 Å². The molecule has 0 aromatic heterocycles. The molecule has 3 nitrogen and oxygen atoms in total. The fourth-order valence-corrected chi connectivity index (χ4v) is 1.29. The van der Waals surface area contributed by atoms with Crippen LogP contribution in [-0.2, 0) is 11.3 Å². The topological polar surface area (TPSA) is 32.7 Å². The third-order valence-corrected chi connectivity index (χ3v) is 2.14. The molecule has 0 aliphatic heterocycles. The van der Waals surface area contributed by atoms with Crippen molar-refractivity contribution in [3.05, 3.63) is 29.6 Å². The van der Waals surface area contributed by atoms with Crippen molar-refractivity contribution >= 4 is 0 Å². The number of aromatic hydroxyl groups is 1. The third-order valence-electron chi connectivity index (χ3n) is 2.14. The Hall–Kier alpha value is -1.13. The minimum atomic E-state index is -0.576. The van der Waals surface area contributed by atoms with Crippen LogP contribution in [0.2, 0.25) is 0 Å². The Morgan fingerprint density at radius 2 is 2.20 bits per heavy atom. The van der Waals surface area contributed by atoms with Gasteiger partial charge in [-0.3, -0.25) is 4.90 Å². The number of likely N-dealkylation sites (N-methyl/N-ethyl adjacent to an activating group) is 1. The molecule has 0 radical (unpaired) electrons. The lowest BCUT2D eigenvalue weighted by Crippen LogP contribution is -2.22. The van der Waals surface area contributed by atoms with E-state index in [2.05, 4.69) is 0 Å². The van der Waals surface area contributed by atoms with Gasteiger partial charge < -0.3 is 9.84 Å². The van der Waals surface area contributed by atoms with Crippen molar-refractivity contribution in [1.82, 2.24) is 4.90 Å². The Morgan fingerprint density at radius 1 is 1.47 bits per heavy atom. The lowest BCUT2D eigenvalue weighted by molar-refractivity contribution is 0.158. The van der Waals surface area contributed by atoms with Gasteiger partial charge in [0.2, 0.25) is 0 Å². The monoisotopic (exact) mass is 213 g/mol. The van der Waals surface area contributed by atoms with E-state index in [1.54, 1.807) is 13.2 Å². The maximum atomic E-state index is 13.0. The first-order valence-electron chi connectivity index (χ1n) is 4.78. The van der Waals surface area contributed by atoms with Gasteiger partial charge in [0.05, 0.1) is 6.61 Å². The molecular weight excluding hydrogens is 197 g/mol. The number of benzene rings is 1. The number of hydrogen-bond donors (Lipinski definition) is 1. The molecule has 1 aromatic carbocycles. The van der Waals surface area contributed by atoms with Crippen molar-refractivity contribution in [2.45, 2.75) is 6.54 Å². The minimum Gasteiger partial charge on any atom is -0.505 e. The zero-order valence-corrected chi connectivity index (χ0v) is 9.03. The van der Waals surface area contributed by atoms with E-state index < -0.39 is 5.82 Å². The van der Waals surface area contributed by atoms with Crippen LogP contribution in [0.25, 0.3) is 0 Å². The Morgan fingerprint density at radius 3 is 2.80 bits per heavy atom. The summed E-state index contributed by atoms with van der Waals surface area (Å²) in [6.45, 7) is 2.08. The third kappa shape index (κ3) is 3.85. The van der Waals surface area contributed by atoms with Gasteiger partial charge in [-0.15, -0.1) is 0 Å². The zero-order valence-electron chi connectivity index (χ0n) is 9.03. The number of phenols is 1. The van der Waals surface area contributed by atoms with E-state index in [-0.39, 0.29) is 5.75 Å². The van der Waals surface area contributed by atoms with Gasteiger partial charge in [0.1, 0.15) is 0 Å². The lowest BCUT2D eigenvalue weighted by atomic mass is 10.2. The normalized spacial score (nSPS) is 10.9. The molecule has 0 saturated heterocycles. The van der Waals surface area contributed by atoms with Gasteiger partial charge in [0.15, 0.2) is 11.6 Å². The molecule has 0 spiro atoms. The zero-order chi connectivity index (χ0) is 11.3. The van der Waals surface area contributed by atoms with Crippen molar-refractivity contribution in [3.8, 4) is 5.75 Å². The summed E-state index contributed by atoms with van der Waals surface area (Å²) >= 11 is 0. The van der Waals surface area contributed by atoms with Crippen LogP contribution in [0.4, 0.5) is 4.39 Å². The first-order chi connectivity index (χ1) is 7.13. The molecule has 4 heteroatoms. The summed E-state index contributed by atoms with van der Waals surface area (Å²) in [4.78, 5) is 2.02. The highest BCUT2D eigenvalue weighted by molar-refractivity contribution is 5.27. The molecule has 0 unspecified atom stereocenters. The van der Waals surface area contributed by atoms with Gasteiger partial charge in [0.25, 0.3) is 0 Å². The quantitative estimate of drug-likeness (QED) is 0.806. The largest absolute Gasteiger partial charge is 0.505 e. The predicted octanol–water partition coefficient (Wildman–Crippen LogP) is 1.61. The Kier molecular flexibility index (Phi) is 4.52. The van der Waals surface area contributed by atoms with Gasteiger partial charge in [0, 0.05) is 20.2 Å². The number of methoxy groups -OCH3 is 1. The predicted molar refractivity (Wildman–Crippen MR) is 56.3 cm³/mol. The molecule has 0 aliphatic carbocycles. The first-order valence-corrected chi connectivity index (χ1v) is 4.78. The van der Waals surface area contributed by atoms with E-state index >= 15 is 0 Å². The standard InChI is InChI=1S/C11H16FNO2/c1-13(5-6-15-2)8-9-3-4-11(14)10(12)7-9/h3-4,7,14H,5-6,8H2,1-2H3. The van der Waals surface area contributed by atoms with Gasteiger partial charge in [-0.2, -0.15) is 0 Å². The van der Waals surface area contributed by atoms with Crippen molar-refractivity contribution in [2.75, 3.05) is 27.3 Å². The number of nitrogens with zero attached hydrogens (tertiary/aromatic N) is 1. The second-order valence-electron chi connectivity index (χ2n) is 3.52. The van der Waals surface area contributed by atoms with Crippen LogP contribution in [0, 0.1) is 5.82 Å². The van der Waals surface area contributed by atoms with Gasteiger partial charge in [-0.05, 0) is 24.7 Å². The molecule has 0 heterocycles. The van der Waals surface area contributed by atoms with E-state index in [0.29, 0.717) is 13.2 Å². The van der Waals surface area contributed by atoms with E-state index in [1.807, 2.05) is 11.9 Å². The molecular formula is C11H16FNO2. The summed E-state index contributed by atoms with van der Waals surface area (Å²) < 4.78 is 17.9. The smallest absolute Gasteiger partial charge is 0.165 e. The van der Waals surface area contributed by atoms with E-state index in [1.165, 1.54) is 12.1 Å². The van der Waals surface area contributed by atoms with Crippen molar-refractivity contribution < 1.29 is 14.2 Å². The average molecular weight is 213 g/mol. The summed E-state index contributed by atoms with van der Waals surface area (Å²) in [5, 5.41) is 9.01. The number of phenolic OH excluding ortho intramolecular Hbond substituents is 1. The number of halogens is 1. The molecule has 1 aromatic rings. The lowest BCUT2D eigenvalue weighted by Gasteiger charge is -2.16. The van der Waals surface area contributed by atoms with Crippen LogP contribution in [-0.4, -0.2) is 37.3 Å². The molecule has 1 rings (SSSR count). The second-order valence-corrected chi connectivity index (χ2v) is 3.52. The van der Waals surface area contributed by atoms with Crippen LogP contribution < -0.4 is 0 Å². The Labute approximate surface area is 89.1 Å². The van der Waals surface area contributed by atoms with Crippen molar-refractivity contribution in [2.24, 2.45) is 0 Å². The highest BCUT2D eigenvalue weighted by atomic mass is 19.1. The van der Waals surface area contributed by atoms with Gasteiger partial charge in [-0.25, -0.2) is 4.39 Å². The molecule has 0 bridgehead atoms. The van der Waals surface area contributed by atoms with Crippen LogP contribution in [0.1, 0.15) is 5.56 Å². The highest BCUT2D eigenvalue weighted by Gasteiger charge is 2.04. The number of ether oxygens (including phenoxy) is 1. The van der Waals surface area contributed by atoms with Crippen LogP contribution in [0.3, 0.4) is 0 Å². The molecule has 0 amide bonds. The van der Waals surface area contributed by atoms with Crippen LogP contribution >= 0.6 is 0 Å². The molecule has 0 saturated carbocycles. The number of rotatable bonds is 5. The molecule has 0 fully saturated rings. The average Bonchev–Trinajstić information content (AvgIpc) is 2.20. The van der Waals surface area contributed by atoms with Crippen LogP contribution in [0.5, 0.6) is 5.75 Å². The number of hydrogen-bond acceptors (Lipinski definition) is 3. The molecule has 84 valence electrons. The van der Waals surface area contributed by atoms with E-state index in [4.69, 9.17) is 9.84 Å². The van der Waals surface area contributed by atoms with E-state index in [0.717, 1.165) is 12.1 Å². The molecule has 15 heavy (non-hydrogen) atoms. The summed E-state index contributed by atoms with van der Waals surface area (Å²) in [6.07, 6.45) is 0. The second kappa shape index (κ2) is 5.68. The molecule has 0 aliphatic rings. The Balaban J connectivity index is 2.53. The minimum absolute atomic E-state index is 0.307. The summed E-state index contributed by atoms with van der Waals surface area (Å²) in [7, 11) is 3.58. The maximum absolute atomic E-state index is 13.0. The Bertz CT molecular complexity index is 317.